The zero-order valence-corrected chi connectivity index (χ0v) is 15.4. The van der Waals surface area contributed by atoms with Crippen molar-refractivity contribution in [2.75, 3.05) is 6.54 Å². The Morgan fingerprint density at radius 1 is 1.08 bits per heavy atom. The minimum Gasteiger partial charge on any atom is -0.352 e. The smallest absolute Gasteiger partial charge is 0.254 e. The Balaban J connectivity index is 1.98. The van der Waals surface area contributed by atoms with E-state index in [2.05, 4.69) is 5.32 Å². The fourth-order valence-electron chi connectivity index (χ4n) is 2.34. The molecular formula is C20H19Cl2NO2. The van der Waals surface area contributed by atoms with Gasteiger partial charge >= 0.3 is 0 Å². The lowest BCUT2D eigenvalue weighted by molar-refractivity contribution is -0.121. The summed E-state index contributed by atoms with van der Waals surface area (Å²) in [7, 11) is 0. The summed E-state index contributed by atoms with van der Waals surface area (Å²) in [6.45, 7) is 1.85. The first-order valence-corrected chi connectivity index (χ1v) is 8.73. The number of ketones is 1. The molecule has 0 radical (unpaired) electrons. The van der Waals surface area contributed by atoms with E-state index in [0.717, 1.165) is 12.8 Å². The van der Waals surface area contributed by atoms with Crippen LogP contribution in [0.1, 0.15) is 24.5 Å². The number of hydrogen-bond donors (Lipinski definition) is 1. The first-order valence-electron chi connectivity index (χ1n) is 7.97. The second-order valence-electron chi connectivity index (χ2n) is 5.63. The SMILES string of the molecule is CC(=O)C(=Cc1ccc(Cl)cc1Cl)C(=O)NCCCc1ccccc1. The van der Waals surface area contributed by atoms with Crippen LogP contribution in [0, 0.1) is 0 Å². The molecule has 130 valence electrons. The molecule has 0 bridgehead atoms. The van der Waals surface area contributed by atoms with Gasteiger partial charge < -0.3 is 5.32 Å². The van der Waals surface area contributed by atoms with Crippen molar-refractivity contribution in [2.24, 2.45) is 0 Å². The normalized spacial score (nSPS) is 11.2. The summed E-state index contributed by atoms with van der Waals surface area (Å²) < 4.78 is 0. The third-order valence-corrected chi connectivity index (χ3v) is 4.22. The summed E-state index contributed by atoms with van der Waals surface area (Å²) in [6, 6.07) is 14.9. The minimum atomic E-state index is -0.397. The van der Waals surface area contributed by atoms with Crippen LogP contribution in [0.4, 0.5) is 0 Å². The summed E-state index contributed by atoms with van der Waals surface area (Å²) in [5.41, 5.74) is 1.87. The first kappa shape index (κ1) is 19.2. The van der Waals surface area contributed by atoms with E-state index < -0.39 is 5.91 Å². The highest BCUT2D eigenvalue weighted by Crippen LogP contribution is 2.23. The van der Waals surface area contributed by atoms with Crippen molar-refractivity contribution in [2.45, 2.75) is 19.8 Å². The molecule has 3 nitrogen and oxygen atoms in total. The number of benzene rings is 2. The number of halogens is 2. The molecule has 0 saturated carbocycles. The molecule has 2 aromatic rings. The van der Waals surface area contributed by atoms with Gasteiger partial charge in [-0.05, 0) is 49.1 Å². The summed E-state index contributed by atoms with van der Waals surface area (Å²) in [4.78, 5) is 24.1. The first-order chi connectivity index (χ1) is 12.0. The second kappa shape index (κ2) is 9.40. The Morgan fingerprint density at radius 3 is 2.44 bits per heavy atom. The number of carbonyl (C=O) groups excluding carboxylic acids is 2. The predicted molar refractivity (Wildman–Crippen MR) is 103 cm³/mol. The minimum absolute atomic E-state index is 0.0731. The monoisotopic (exact) mass is 375 g/mol. The Kier molecular flexibility index (Phi) is 7.23. The Hall–Kier alpha value is -2.10. The molecule has 0 aliphatic carbocycles. The molecule has 0 fully saturated rings. The van der Waals surface area contributed by atoms with Crippen LogP contribution in [0.25, 0.3) is 6.08 Å². The van der Waals surface area contributed by atoms with Crippen molar-refractivity contribution in [3.05, 3.63) is 75.3 Å². The van der Waals surface area contributed by atoms with E-state index in [9.17, 15) is 9.59 Å². The van der Waals surface area contributed by atoms with Gasteiger partial charge in [-0.25, -0.2) is 0 Å². The maximum absolute atomic E-state index is 12.3. The maximum atomic E-state index is 12.3. The number of Topliss-reactive ketones (excluding diaryl/α,β-unsaturated/α-hetero) is 1. The maximum Gasteiger partial charge on any atom is 0.254 e. The van der Waals surface area contributed by atoms with E-state index in [1.54, 1.807) is 18.2 Å². The number of aryl methyl sites for hydroxylation is 1. The Bertz CT molecular complexity index is 786. The molecule has 0 saturated heterocycles. The van der Waals surface area contributed by atoms with Crippen LogP contribution in [0.2, 0.25) is 10.0 Å². The highest BCUT2D eigenvalue weighted by molar-refractivity contribution is 6.36. The zero-order valence-electron chi connectivity index (χ0n) is 13.9. The predicted octanol–water partition coefficient (Wildman–Crippen LogP) is 4.71. The lowest BCUT2D eigenvalue weighted by atomic mass is 10.1. The van der Waals surface area contributed by atoms with E-state index in [-0.39, 0.29) is 11.4 Å². The van der Waals surface area contributed by atoms with Gasteiger partial charge in [0.15, 0.2) is 5.78 Å². The number of carbonyl (C=O) groups is 2. The number of hydrogen-bond acceptors (Lipinski definition) is 2. The van der Waals surface area contributed by atoms with E-state index in [0.29, 0.717) is 22.2 Å². The molecule has 5 heteroatoms. The molecule has 0 aliphatic rings. The van der Waals surface area contributed by atoms with Gasteiger partial charge in [0.05, 0.1) is 5.57 Å². The van der Waals surface area contributed by atoms with Gasteiger partial charge in [-0.1, -0.05) is 59.6 Å². The van der Waals surface area contributed by atoms with Crippen molar-refractivity contribution >= 4 is 41.0 Å². The highest BCUT2D eigenvalue weighted by Gasteiger charge is 2.14. The van der Waals surface area contributed by atoms with Crippen LogP contribution in [-0.2, 0) is 16.0 Å². The number of amides is 1. The molecule has 0 aromatic heterocycles. The van der Waals surface area contributed by atoms with E-state index in [1.165, 1.54) is 18.6 Å². The summed E-state index contributed by atoms with van der Waals surface area (Å²) in [5, 5.41) is 3.68. The average molecular weight is 376 g/mol. The topological polar surface area (TPSA) is 46.2 Å². The van der Waals surface area contributed by atoms with Gasteiger partial charge in [0, 0.05) is 16.6 Å². The van der Waals surface area contributed by atoms with Gasteiger partial charge in [-0.3, -0.25) is 9.59 Å². The molecule has 0 unspecified atom stereocenters. The van der Waals surface area contributed by atoms with Crippen molar-refractivity contribution in [1.82, 2.24) is 5.32 Å². The van der Waals surface area contributed by atoms with E-state index in [1.807, 2.05) is 30.3 Å². The zero-order chi connectivity index (χ0) is 18.2. The van der Waals surface area contributed by atoms with Gasteiger partial charge in [0.2, 0.25) is 0 Å². The third-order valence-electron chi connectivity index (χ3n) is 3.66. The van der Waals surface area contributed by atoms with Crippen molar-refractivity contribution in [1.29, 1.82) is 0 Å². The molecular weight excluding hydrogens is 357 g/mol. The standard InChI is InChI=1S/C20H19Cl2NO2/c1-14(24)18(12-16-9-10-17(21)13-19(16)22)20(25)23-11-5-8-15-6-3-2-4-7-15/h2-4,6-7,9-10,12-13H,5,8,11H2,1H3,(H,23,25). The van der Waals surface area contributed by atoms with Crippen LogP contribution >= 0.6 is 23.2 Å². The molecule has 25 heavy (non-hydrogen) atoms. The fraction of sp³-hybridized carbons (Fsp3) is 0.200. The quantitative estimate of drug-likeness (QED) is 0.329. The van der Waals surface area contributed by atoms with E-state index >= 15 is 0 Å². The molecule has 0 heterocycles. The van der Waals surface area contributed by atoms with Gasteiger partial charge in [0.1, 0.15) is 0 Å². The molecule has 0 atom stereocenters. The number of rotatable bonds is 7. The summed E-state index contributed by atoms with van der Waals surface area (Å²) >= 11 is 12.0. The molecule has 1 amide bonds. The van der Waals surface area contributed by atoms with Gasteiger partial charge in [0.25, 0.3) is 5.91 Å². The van der Waals surface area contributed by atoms with E-state index in [4.69, 9.17) is 23.2 Å². The van der Waals surface area contributed by atoms with Crippen molar-refractivity contribution in [3.63, 3.8) is 0 Å². The lowest BCUT2D eigenvalue weighted by Crippen LogP contribution is -2.28. The summed E-state index contributed by atoms with van der Waals surface area (Å²) in [5.74, 6) is -0.710. The van der Waals surface area contributed by atoms with Crippen LogP contribution in [0.5, 0.6) is 0 Å². The van der Waals surface area contributed by atoms with Crippen LogP contribution in [0.15, 0.2) is 54.1 Å². The lowest BCUT2D eigenvalue weighted by Gasteiger charge is -2.08. The van der Waals surface area contributed by atoms with Gasteiger partial charge in [-0.15, -0.1) is 0 Å². The largest absolute Gasteiger partial charge is 0.352 e. The molecule has 2 aromatic carbocycles. The number of nitrogens with one attached hydrogen (secondary N) is 1. The molecule has 2 rings (SSSR count). The summed E-state index contributed by atoms with van der Waals surface area (Å²) in [6.07, 6.45) is 3.15. The van der Waals surface area contributed by atoms with Crippen LogP contribution in [0.3, 0.4) is 0 Å². The second-order valence-corrected chi connectivity index (χ2v) is 6.47. The molecule has 0 spiro atoms. The van der Waals surface area contributed by atoms with Crippen LogP contribution in [-0.4, -0.2) is 18.2 Å². The molecule has 1 N–H and O–H groups in total. The Morgan fingerprint density at radius 2 is 1.80 bits per heavy atom. The van der Waals surface area contributed by atoms with Gasteiger partial charge in [-0.2, -0.15) is 0 Å². The highest BCUT2D eigenvalue weighted by atomic mass is 35.5. The van der Waals surface area contributed by atoms with Crippen molar-refractivity contribution in [3.8, 4) is 0 Å². The van der Waals surface area contributed by atoms with Crippen molar-refractivity contribution < 1.29 is 9.59 Å². The van der Waals surface area contributed by atoms with Crippen LogP contribution < -0.4 is 5.32 Å². The fourth-order valence-corrected chi connectivity index (χ4v) is 2.80. The third kappa shape index (κ3) is 6.04. The Labute approximate surface area is 157 Å². The molecule has 0 aliphatic heterocycles. The average Bonchev–Trinajstić information content (AvgIpc) is 2.58.